The first-order valence-corrected chi connectivity index (χ1v) is 18.1. The van der Waals surface area contributed by atoms with Gasteiger partial charge in [0.05, 0.1) is 21.9 Å². The van der Waals surface area contributed by atoms with Gasteiger partial charge in [-0.2, -0.15) is 0 Å². The lowest BCUT2D eigenvalue weighted by atomic mass is 9.96. The van der Waals surface area contributed by atoms with Crippen molar-refractivity contribution in [1.29, 1.82) is 0 Å². The van der Waals surface area contributed by atoms with Gasteiger partial charge in [-0.25, -0.2) is 16.8 Å². The maximum atomic E-state index is 14.5. The van der Waals surface area contributed by atoms with Crippen LogP contribution in [0.25, 0.3) is 0 Å². The molecule has 1 saturated heterocycles. The molecule has 1 N–H and O–H groups in total. The van der Waals surface area contributed by atoms with Gasteiger partial charge in [-0.05, 0) is 55.2 Å². The summed E-state index contributed by atoms with van der Waals surface area (Å²) < 4.78 is 62.1. The molecule has 198 valence electrons. The van der Waals surface area contributed by atoms with E-state index in [1.165, 1.54) is 24.3 Å². The number of hydrogen-bond acceptors (Lipinski definition) is 6. The maximum absolute atomic E-state index is 14.5. The number of amides is 1. The molecule has 2 atom stereocenters. The van der Waals surface area contributed by atoms with E-state index in [0.717, 1.165) is 0 Å². The molecular formula is C26H37NO6S2Si. The number of carbonyl (C=O) groups excluding carboxylic acids is 1. The second-order valence-corrected chi connectivity index (χ2v) is 20.2. The zero-order valence-electron chi connectivity index (χ0n) is 21.8. The second-order valence-electron chi connectivity index (χ2n) is 10.8. The fourth-order valence-corrected chi connectivity index (χ4v) is 11.3. The molecule has 0 bridgehead atoms. The highest BCUT2D eigenvalue weighted by atomic mass is 32.3. The summed E-state index contributed by atoms with van der Waals surface area (Å²) in [7, 11) is -11.5. The topological polar surface area (TPSA) is 107 Å². The van der Waals surface area contributed by atoms with Crippen LogP contribution in [0.15, 0.2) is 70.5 Å². The van der Waals surface area contributed by atoms with E-state index in [2.05, 4.69) is 26.1 Å². The molecule has 2 aromatic rings. The highest BCUT2D eigenvalue weighted by Crippen LogP contribution is 2.47. The van der Waals surface area contributed by atoms with Crippen LogP contribution in [0.5, 0.6) is 0 Å². The van der Waals surface area contributed by atoms with Crippen molar-refractivity contribution < 1.29 is 26.1 Å². The van der Waals surface area contributed by atoms with E-state index >= 15 is 0 Å². The van der Waals surface area contributed by atoms with Gasteiger partial charge in [0, 0.05) is 6.42 Å². The van der Waals surface area contributed by atoms with Crippen molar-refractivity contribution in [3.8, 4) is 0 Å². The zero-order chi connectivity index (χ0) is 27.0. The van der Waals surface area contributed by atoms with Crippen LogP contribution in [0.1, 0.15) is 47.0 Å². The van der Waals surface area contributed by atoms with Crippen molar-refractivity contribution in [3.63, 3.8) is 0 Å². The monoisotopic (exact) mass is 551 g/mol. The van der Waals surface area contributed by atoms with Gasteiger partial charge >= 0.3 is 0 Å². The molecular weight excluding hydrogens is 515 g/mol. The molecule has 10 heteroatoms. The van der Waals surface area contributed by atoms with E-state index < -0.39 is 44.2 Å². The molecule has 0 aromatic heterocycles. The molecule has 0 aliphatic carbocycles. The lowest BCUT2D eigenvalue weighted by Gasteiger charge is -2.48. The third-order valence-electron chi connectivity index (χ3n) is 7.53. The van der Waals surface area contributed by atoms with Gasteiger partial charge in [0.2, 0.25) is 29.7 Å². The van der Waals surface area contributed by atoms with Gasteiger partial charge in [0.15, 0.2) is 8.32 Å². The van der Waals surface area contributed by atoms with Crippen LogP contribution in [0.3, 0.4) is 0 Å². The number of nitrogens with one attached hydrogen (secondary N) is 1. The maximum Gasteiger partial charge on any atom is 0.220 e. The highest BCUT2D eigenvalue weighted by Gasteiger charge is 2.65. The summed E-state index contributed by atoms with van der Waals surface area (Å²) in [5.74, 6) is -0.389. The zero-order valence-corrected chi connectivity index (χ0v) is 24.4. The third kappa shape index (κ3) is 4.80. The summed E-state index contributed by atoms with van der Waals surface area (Å²) in [6.07, 6.45) is -1.10. The lowest BCUT2D eigenvalue weighted by Crippen LogP contribution is -2.69. The van der Waals surface area contributed by atoms with Crippen molar-refractivity contribution in [2.24, 2.45) is 0 Å². The van der Waals surface area contributed by atoms with Gasteiger partial charge in [-0.15, -0.1) is 0 Å². The molecule has 36 heavy (non-hydrogen) atoms. The standard InChI is InChI=1S/C26H37NO6S2Si/c1-7-22(33-36(5,6)25(2,3)4)24-26(19-18-23(28)27-24,34(29,30)20-14-10-8-11-15-20)35(31,32)21-16-12-9-13-17-21/h8-17,22,24H,7,18-19H2,1-6H3,(H,27,28)/t22-,24-/m0/s1. The number of hydrogen-bond donors (Lipinski definition) is 1. The summed E-state index contributed by atoms with van der Waals surface area (Å²) in [5, 5.41) is 2.57. The summed E-state index contributed by atoms with van der Waals surface area (Å²) in [4.78, 5) is 12.5. The molecule has 2 aromatic carbocycles. The fraction of sp³-hybridized carbons (Fsp3) is 0.500. The molecule has 0 radical (unpaired) electrons. The van der Waals surface area contributed by atoms with Crippen molar-refractivity contribution in [2.45, 2.75) is 91.1 Å². The lowest BCUT2D eigenvalue weighted by molar-refractivity contribution is -0.124. The Morgan fingerprint density at radius 1 is 0.944 bits per heavy atom. The molecule has 0 unspecified atom stereocenters. The first kappa shape index (κ1) is 28.6. The quantitative estimate of drug-likeness (QED) is 0.476. The SMILES string of the molecule is CC[C@H](O[Si](C)(C)C(C)(C)C)[C@@H]1NC(=O)CCC1(S(=O)(=O)c1ccccc1)S(=O)(=O)c1ccccc1. The van der Waals surface area contributed by atoms with E-state index in [0.29, 0.717) is 6.42 Å². The molecule has 1 fully saturated rings. The second kappa shape index (κ2) is 10.0. The Morgan fingerprint density at radius 2 is 1.39 bits per heavy atom. The summed E-state index contributed by atoms with van der Waals surface area (Å²) in [6, 6.07) is 13.9. The van der Waals surface area contributed by atoms with E-state index in [1.54, 1.807) is 36.4 Å². The van der Waals surface area contributed by atoms with Gasteiger partial charge in [0.25, 0.3) is 0 Å². The minimum Gasteiger partial charge on any atom is -0.412 e. The van der Waals surface area contributed by atoms with Crippen molar-refractivity contribution in [2.75, 3.05) is 0 Å². The van der Waals surface area contributed by atoms with Gasteiger partial charge in [-0.3, -0.25) is 4.79 Å². The van der Waals surface area contributed by atoms with E-state index in [-0.39, 0.29) is 33.6 Å². The molecule has 0 saturated carbocycles. The smallest absolute Gasteiger partial charge is 0.220 e. The fourth-order valence-electron chi connectivity index (χ4n) is 4.46. The number of sulfone groups is 2. The van der Waals surface area contributed by atoms with Crippen LogP contribution < -0.4 is 5.32 Å². The Kier molecular flexibility index (Phi) is 7.96. The molecule has 1 aliphatic heterocycles. The van der Waals surface area contributed by atoms with Gasteiger partial charge in [0.1, 0.15) is 0 Å². The predicted octanol–water partition coefficient (Wildman–Crippen LogP) is 4.71. The minimum atomic E-state index is -4.52. The Balaban J connectivity index is 2.35. The van der Waals surface area contributed by atoms with Crippen LogP contribution in [-0.4, -0.2) is 47.3 Å². The first-order valence-electron chi connectivity index (χ1n) is 12.2. The van der Waals surface area contributed by atoms with E-state index in [4.69, 9.17) is 4.43 Å². The highest BCUT2D eigenvalue weighted by molar-refractivity contribution is 8.10. The Morgan fingerprint density at radius 3 is 1.78 bits per heavy atom. The average molecular weight is 552 g/mol. The van der Waals surface area contributed by atoms with Crippen LogP contribution in [0, 0.1) is 0 Å². The molecule has 7 nitrogen and oxygen atoms in total. The van der Waals surface area contributed by atoms with Crippen LogP contribution in [-0.2, 0) is 28.9 Å². The largest absolute Gasteiger partial charge is 0.412 e. The first-order chi connectivity index (χ1) is 16.6. The molecule has 1 heterocycles. The molecule has 1 aliphatic rings. The van der Waals surface area contributed by atoms with Crippen LogP contribution in [0.4, 0.5) is 0 Å². The third-order valence-corrected chi connectivity index (χ3v) is 17.9. The normalized spacial score (nSPS) is 19.9. The average Bonchev–Trinajstić information content (AvgIpc) is 2.82. The van der Waals surface area contributed by atoms with Crippen molar-refractivity contribution in [1.82, 2.24) is 5.32 Å². The summed E-state index contributed by atoms with van der Waals surface area (Å²) in [5.41, 5.74) is 0. The summed E-state index contributed by atoms with van der Waals surface area (Å²) in [6.45, 7) is 12.0. The van der Waals surface area contributed by atoms with E-state index in [9.17, 15) is 21.6 Å². The minimum absolute atomic E-state index is 0.104. The van der Waals surface area contributed by atoms with Crippen LogP contribution >= 0.6 is 0 Å². The Bertz CT molecular complexity index is 1220. The molecule has 0 spiro atoms. The number of rotatable bonds is 8. The molecule has 1 amide bonds. The number of carbonyl (C=O) groups is 1. The Labute approximate surface area is 216 Å². The number of piperidine rings is 1. The number of benzene rings is 2. The van der Waals surface area contributed by atoms with Gasteiger partial charge in [-0.1, -0.05) is 64.1 Å². The van der Waals surface area contributed by atoms with Crippen molar-refractivity contribution in [3.05, 3.63) is 60.7 Å². The van der Waals surface area contributed by atoms with E-state index in [1.807, 2.05) is 20.0 Å². The van der Waals surface area contributed by atoms with Crippen molar-refractivity contribution >= 4 is 33.9 Å². The Hall–Kier alpha value is -2.01. The van der Waals surface area contributed by atoms with Gasteiger partial charge < -0.3 is 9.74 Å². The molecule has 3 rings (SSSR count). The predicted molar refractivity (Wildman–Crippen MR) is 144 cm³/mol. The van der Waals surface area contributed by atoms with Crippen LogP contribution in [0.2, 0.25) is 18.1 Å². The summed E-state index contributed by atoms with van der Waals surface area (Å²) >= 11 is 0.